The summed E-state index contributed by atoms with van der Waals surface area (Å²) in [6.07, 6.45) is 7.40. The maximum absolute atomic E-state index is 12.1. The summed E-state index contributed by atoms with van der Waals surface area (Å²) in [6, 6.07) is 7.44. The molecule has 1 aliphatic rings. The predicted octanol–water partition coefficient (Wildman–Crippen LogP) is 1.38. The number of nitriles is 1. The molecule has 1 fully saturated rings. The zero-order valence-corrected chi connectivity index (χ0v) is 13.8. The van der Waals surface area contributed by atoms with E-state index < -0.39 is 0 Å². The second-order valence-corrected chi connectivity index (χ2v) is 5.83. The van der Waals surface area contributed by atoms with Crippen LogP contribution >= 0.6 is 0 Å². The molecule has 7 nitrogen and oxygen atoms in total. The Morgan fingerprint density at radius 2 is 2.24 bits per heavy atom. The molecule has 25 heavy (non-hydrogen) atoms. The number of nitrogens with one attached hydrogen (secondary N) is 1. The first kappa shape index (κ1) is 16.9. The molecule has 3 rings (SSSR count). The molecule has 1 aliphatic heterocycles. The van der Waals surface area contributed by atoms with E-state index in [9.17, 15) is 4.79 Å². The third-order valence-corrected chi connectivity index (χ3v) is 4.05. The van der Waals surface area contributed by atoms with E-state index in [0.717, 1.165) is 25.1 Å². The number of amides is 1. The van der Waals surface area contributed by atoms with Crippen LogP contribution in [0.15, 0.2) is 43.0 Å². The first-order chi connectivity index (χ1) is 12.3. The lowest BCUT2D eigenvalue weighted by atomic mass is 10.2. The maximum Gasteiger partial charge on any atom is 0.253 e. The van der Waals surface area contributed by atoms with E-state index in [1.54, 1.807) is 30.7 Å². The molecule has 0 aliphatic carbocycles. The second-order valence-electron chi connectivity index (χ2n) is 5.83. The van der Waals surface area contributed by atoms with Crippen molar-refractivity contribution in [3.63, 3.8) is 0 Å². The van der Waals surface area contributed by atoms with Crippen molar-refractivity contribution in [1.29, 1.82) is 5.26 Å². The van der Waals surface area contributed by atoms with Gasteiger partial charge in [-0.25, -0.2) is 0 Å². The fraction of sp³-hybridized carbons (Fsp3) is 0.333. The Hall–Kier alpha value is -2.98. The predicted molar refractivity (Wildman–Crippen MR) is 90.7 cm³/mol. The van der Waals surface area contributed by atoms with E-state index >= 15 is 0 Å². The molecule has 0 unspecified atom stereocenters. The Morgan fingerprint density at radius 1 is 1.36 bits per heavy atom. The van der Waals surface area contributed by atoms with Crippen LogP contribution in [0, 0.1) is 11.3 Å². The minimum absolute atomic E-state index is 0.0327. The summed E-state index contributed by atoms with van der Waals surface area (Å²) in [5.41, 5.74) is 1.38. The number of ether oxygens (including phenoxy) is 1. The lowest BCUT2D eigenvalue weighted by Gasteiger charge is -2.17. The largest absolute Gasteiger partial charge is 0.487 e. The molecule has 1 amide bonds. The van der Waals surface area contributed by atoms with Crippen LogP contribution in [0.2, 0.25) is 0 Å². The van der Waals surface area contributed by atoms with Gasteiger partial charge in [0.1, 0.15) is 11.9 Å². The van der Waals surface area contributed by atoms with Crippen molar-refractivity contribution in [2.45, 2.75) is 19.1 Å². The van der Waals surface area contributed by atoms with Crippen molar-refractivity contribution < 1.29 is 9.53 Å². The molecule has 1 saturated heterocycles. The number of pyridine rings is 2. The lowest BCUT2D eigenvalue weighted by Crippen LogP contribution is -2.26. The van der Waals surface area contributed by atoms with Crippen LogP contribution in [-0.2, 0) is 6.54 Å². The van der Waals surface area contributed by atoms with E-state index in [-0.39, 0.29) is 12.0 Å². The quantitative estimate of drug-likeness (QED) is 0.801. The Morgan fingerprint density at radius 3 is 3.04 bits per heavy atom. The first-order valence-corrected chi connectivity index (χ1v) is 8.13. The van der Waals surface area contributed by atoms with E-state index in [2.05, 4.69) is 26.3 Å². The molecule has 0 saturated carbocycles. The van der Waals surface area contributed by atoms with Crippen LogP contribution in [0.3, 0.4) is 0 Å². The van der Waals surface area contributed by atoms with Crippen molar-refractivity contribution in [2.24, 2.45) is 0 Å². The summed E-state index contributed by atoms with van der Waals surface area (Å²) < 4.78 is 6.04. The Balaban J connectivity index is 1.60. The van der Waals surface area contributed by atoms with Gasteiger partial charge in [-0.2, -0.15) is 5.26 Å². The topological polar surface area (TPSA) is 91.1 Å². The van der Waals surface area contributed by atoms with Crippen LogP contribution in [-0.4, -0.2) is 46.5 Å². The normalized spacial score (nSPS) is 17.0. The lowest BCUT2D eigenvalue weighted by molar-refractivity contribution is 0.0950. The van der Waals surface area contributed by atoms with Crippen molar-refractivity contribution in [3.05, 3.63) is 54.1 Å². The van der Waals surface area contributed by atoms with E-state index in [0.29, 0.717) is 24.4 Å². The van der Waals surface area contributed by atoms with Gasteiger partial charge in [0, 0.05) is 43.8 Å². The van der Waals surface area contributed by atoms with E-state index in [4.69, 9.17) is 10.00 Å². The summed E-state index contributed by atoms with van der Waals surface area (Å²) >= 11 is 0. The number of aromatic nitrogens is 2. The number of hydrogen-bond donors (Lipinski definition) is 1. The highest BCUT2D eigenvalue weighted by Gasteiger charge is 2.24. The smallest absolute Gasteiger partial charge is 0.253 e. The van der Waals surface area contributed by atoms with Crippen LogP contribution in [0.25, 0.3) is 0 Å². The average Bonchev–Trinajstić information content (AvgIpc) is 3.09. The molecule has 0 bridgehead atoms. The molecular formula is C18H19N5O2. The van der Waals surface area contributed by atoms with Gasteiger partial charge in [-0.3, -0.25) is 19.7 Å². The van der Waals surface area contributed by atoms with Gasteiger partial charge in [-0.05, 0) is 24.6 Å². The molecule has 3 heterocycles. The monoisotopic (exact) mass is 337 g/mol. The summed E-state index contributed by atoms with van der Waals surface area (Å²) in [5, 5.41) is 11.6. The highest BCUT2D eigenvalue weighted by molar-refractivity contribution is 5.93. The molecule has 7 heteroatoms. The fourth-order valence-electron chi connectivity index (χ4n) is 2.75. The molecule has 128 valence electrons. The Kier molecular flexibility index (Phi) is 5.54. The minimum atomic E-state index is -0.183. The minimum Gasteiger partial charge on any atom is -0.487 e. The zero-order valence-electron chi connectivity index (χ0n) is 13.8. The molecule has 1 N–H and O–H groups in total. The molecule has 1 atom stereocenters. The molecule has 0 spiro atoms. The van der Waals surface area contributed by atoms with Gasteiger partial charge in [0.25, 0.3) is 5.91 Å². The van der Waals surface area contributed by atoms with Crippen molar-refractivity contribution in [2.75, 3.05) is 19.6 Å². The van der Waals surface area contributed by atoms with Gasteiger partial charge in [0.2, 0.25) is 0 Å². The van der Waals surface area contributed by atoms with Crippen LogP contribution in [0.5, 0.6) is 5.75 Å². The zero-order chi connectivity index (χ0) is 17.5. The summed E-state index contributed by atoms with van der Waals surface area (Å²) in [5.74, 6) is 0.481. The standard InChI is InChI=1S/C18H19N5O2/c19-5-9-23-8-4-16(13-23)25-17-12-21-7-3-14(17)11-22-18(24)15-2-1-6-20-10-15/h1-3,6-7,10,12,16H,4,8-9,11,13H2,(H,22,24)/t16-/m0/s1. The van der Waals surface area contributed by atoms with Crippen molar-refractivity contribution in [3.8, 4) is 11.8 Å². The van der Waals surface area contributed by atoms with Crippen LogP contribution in [0.1, 0.15) is 22.3 Å². The third-order valence-electron chi connectivity index (χ3n) is 4.05. The number of carbonyl (C=O) groups is 1. The van der Waals surface area contributed by atoms with Crippen LogP contribution in [0.4, 0.5) is 0 Å². The molecule has 0 radical (unpaired) electrons. The second kappa shape index (κ2) is 8.22. The highest BCUT2D eigenvalue weighted by Crippen LogP contribution is 2.21. The Labute approximate surface area is 146 Å². The van der Waals surface area contributed by atoms with Crippen LogP contribution < -0.4 is 10.1 Å². The van der Waals surface area contributed by atoms with Gasteiger partial charge < -0.3 is 10.1 Å². The van der Waals surface area contributed by atoms with Gasteiger partial charge in [0.15, 0.2) is 0 Å². The van der Waals surface area contributed by atoms with E-state index in [1.807, 2.05) is 6.07 Å². The molecule has 2 aromatic heterocycles. The van der Waals surface area contributed by atoms with Gasteiger partial charge in [-0.15, -0.1) is 0 Å². The number of hydrogen-bond acceptors (Lipinski definition) is 6. The number of likely N-dealkylation sites (tertiary alicyclic amines) is 1. The van der Waals surface area contributed by atoms with Gasteiger partial charge in [-0.1, -0.05) is 0 Å². The van der Waals surface area contributed by atoms with Gasteiger partial charge >= 0.3 is 0 Å². The number of carbonyl (C=O) groups excluding carboxylic acids is 1. The van der Waals surface area contributed by atoms with Crippen molar-refractivity contribution in [1.82, 2.24) is 20.2 Å². The summed E-state index contributed by atoms with van der Waals surface area (Å²) in [6.45, 7) is 2.34. The Bertz CT molecular complexity index is 760. The number of rotatable bonds is 6. The maximum atomic E-state index is 12.1. The SMILES string of the molecule is N#CCN1CC[C@H](Oc2cnccc2CNC(=O)c2cccnc2)C1. The summed E-state index contributed by atoms with van der Waals surface area (Å²) in [4.78, 5) is 22.3. The number of nitrogens with zero attached hydrogens (tertiary/aromatic N) is 4. The fourth-order valence-corrected chi connectivity index (χ4v) is 2.75. The third kappa shape index (κ3) is 4.52. The van der Waals surface area contributed by atoms with E-state index in [1.165, 1.54) is 6.20 Å². The summed E-state index contributed by atoms with van der Waals surface area (Å²) in [7, 11) is 0. The van der Waals surface area contributed by atoms with Crippen molar-refractivity contribution >= 4 is 5.91 Å². The van der Waals surface area contributed by atoms with Gasteiger partial charge in [0.05, 0.1) is 24.4 Å². The molecular weight excluding hydrogens is 318 g/mol. The molecule has 2 aromatic rings. The average molecular weight is 337 g/mol. The first-order valence-electron chi connectivity index (χ1n) is 8.13. The molecule has 0 aromatic carbocycles. The highest BCUT2D eigenvalue weighted by atomic mass is 16.5.